The summed E-state index contributed by atoms with van der Waals surface area (Å²) in [5, 5.41) is 25.3. The molecule has 2 heterocycles. The molecule has 0 saturated heterocycles. The predicted octanol–water partition coefficient (Wildman–Crippen LogP) is -2.68. The van der Waals surface area contributed by atoms with Gasteiger partial charge in [0.25, 0.3) is 0 Å². The van der Waals surface area contributed by atoms with Crippen LogP contribution in [0.1, 0.15) is 0 Å². The summed E-state index contributed by atoms with van der Waals surface area (Å²) in [5.41, 5.74) is 13.3. The molecule has 186 valence electrons. The van der Waals surface area contributed by atoms with Crippen molar-refractivity contribution in [1.29, 1.82) is 0 Å². The fourth-order valence-electron chi connectivity index (χ4n) is 6.57. The first kappa shape index (κ1) is 25.0. The number of nitrogens with zero attached hydrogens (tertiary/aromatic N) is 1. The van der Waals surface area contributed by atoms with Gasteiger partial charge in [0.1, 0.15) is 50.4 Å². The van der Waals surface area contributed by atoms with Crippen LogP contribution in [0.15, 0.2) is 83.3 Å². The quantitative estimate of drug-likeness (QED) is 0.254. The van der Waals surface area contributed by atoms with Gasteiger partial charge in [-0.25, -0.2) is 0 Å². The first-order valence-electron chi connectivity index (χ1n) is 13.7. The molecule has 0 bridgehead atoms. The second-order valence-electron chi connectivity index (χ2n) is 10.9. The average Bonchev–Trinajstić information content (AvgIpc) is 3.51. The summed E-state index contributed by atoms with van der Waals surface area (Å²) in [6.07, 6.45) is 0. The molecule has 0 unspecified atom stereocenters. The van der Waals surface area contributed by atoms with E-state index in [-0.39, 0.29) is 0 Å². The van der Waals surface area contributed by atoms with Gasteiger partial charge in [-0.3, -0.25) is 0 Å². The summed E-state index contributed by atoms with van der Waals surface area (Å²) in [7, 11) is 9.26. The van der Waals surface area contributed by atoms with E-state index in [1.807, 2.05) is 30.3 Å². The van der Waals surface area contributed by atoms with Crippen molar-refractivity contribution in [2.75, 3.05) is 0 Å². The Labute approximate surface area is 237 Å². The largest absolute Gasteiger partial charge is 0.492 e. The van der Waals surface area contributed by atoms with Gasteiger partial charge in [0.15, 0.2) is 0 Å². The average molecular weight is 512 g/mol. The first-order chi connectivity index (χ1) is 19.3. The van der Waals surface area contributed by atoms with E-state index in [4.69, 9.17) is 4.42 Å². The lowest BCUT2D eigenvalue weighted by molar-refractivity contribution is 0.425. The molecule has 0 aliphatic carbocycles. The van der Waals surface area contributed by atoms with Crippen molar-refractivity contribution in [1.82, 2.24) is 4.57 Å². The molecule has 0 aliphatic heterocycles. The smallest absolute Gasteiger partial charge is 0.456 e. The van der Waals surface area contributed by atoms with Gasteiger partial charge in [0.05, 0.1) is 11.0 Å². The van der Waals surface area contributed by atoms with Crippen LogP contribution in [0.3, 0.4) is 0 Å². The maximum atomic E-state index is 10.6. The summed E-state index contributed by atoms with van der Waals surface area (Å²) in [5.74, 6) is 0. The first-order valence-corrected chi connectivity index (χ1v) is 13.7. The number of furan rings is 1. The maximum absolute atomic E-state index is 10.6. The molecule has 5 aromatic carbocycles. The number of fused-ring (bicyclic) bond motifs is 6. The highest BCUT2D eigenvalue weighted by Crippen LogP contribution is 2.38. The molecule has 0 atom stereocenters. The number of hydrogen-bond acceptors (Lipinski definition) is 3. The SMILES string of the molecule is Bc1c(B)c(B)c(-c2cccc3oc4c(B(O)O)cc(-n5c6ccccc6c6ccccc65)cc4c23)c(B)c1B. The molecule has 2 aromatic heterocycles. The molecule has 10 heteroatoms. The van der Waals surface area contributed by atoms with Crippen LogP contribution < -0.4 is 32.8 Å². The molecule has 0 fully saturated rings. The van der Waals surface area contributed by atoms with Crippen molar-refractivity contribution in [2.45, 2.75) is 0 Å². The lowest BCUT2D eigenvalue weighted by Crippen LogP contribution is -2.55. The van der Waals surface area contributed by atoms with Gasteiger partial charge < -0.3 is 19.0 Å². The minimum Gasteiger partial charge on any atom is -0.456 e. The highest BCUT2D eigenvalue weighted by atomic mass is 16.4. The molecule has 0 saturated carbocycles. The summed E-state index contributed by atoms with van der Waals surface area (Å²) in [6, 6.07) is 26.8. The lowest BCUT2D eigenvalue weighted by atomic mass is 9.59. The molecule has 0 radical (unpaired) electrons. The fraction of sp³-hybridized carbons (Fsp3) is 0. The third-order valence-electron chi connectivity index (χ3n) is 9.00. The zero-order valence-corrected chi connectivity index (χ0v) is 23.3. The van der Waals surface area contributed by atoms with E-state index in [1.165, 1.54) is 32.9 Å². The van der Waals surface area contributed by atoms with Gasteiger partial charge in [-0.15, -0.1) is 16.4 Å². The van der Waals surface area contributed by atoms with Crippen LogP contribution in [0.25, 0.3) is 60.6 Å². The number of benzene rings is 5. The van der Waals surface area contributed by atoms with E-state index < -0.39 is 7.12 Å². The van der Waals surface area contributed by atoms with Crippen molar-refractivity contribution in [3.05, 3.63) is 78.9 Å². The third kappa shape index (κ3) is 3.43. The maximum Gasteiger partial charge on any atom is 0.492 e. The van der Waals surface area contributed by atoms with Gasteiger partial charge in [0, 0.05) is 32.7 Å². The Bertz CT molecular complexity index is 2080. The van der Waals surface area contributed by atoms with E-state index in [9.17, 15) is 10.0 Å². The van der Waals surface area contributed by atoms with Gasteiger partial charge >= 0.3 is 7.12 Å². The van der Waals surface area contributed by atoms with Crippen molar-refractivity contribution >= 4 is 123 Å². The molecular weight excluding hydrogens is 487 g/mol. The summed E-state index contributed by atoms with van der Waals surface area (Å²) >= 11 is 0. The summed E-state index contributed by atoms with van der Waals surface area (Å²) in [6.45, 7) is 0. The predicted molar refractivity (Wildman–Crippen MR) is 184 cm³/mol. The van der Waals surface area contributed by atoms with Gasteiger partial charge in [-0.1, -0.05) is 59.5 Å². The zero-order chi connectivity index (χ0) is 27.9. The van der Waals surface area contributed by atoms with E-state index in [2.05, 4.69) is 92.3 Å². The third-order valence-corrected chi connectivity index (χ3v) is 9.00. The molecule has 7 aromatic rings. The Morgan fingerprint density at radius 1 is 0.625 bits per heavy atom. The number of para-hydroxylation sites is 2. The summed E-state index contributed by atoms with van der Waals surface area (Å²) < 4.78 is 8.59. The van der Waals surface area contributed by atoms with Crippen LogP contribution in [0, 0.1) is 0 Å². The monoisotopic (exact) mass is 513 g/mol. The van der Waals surface area contributed by atoms with Gasteiger partial charge in [0.2, 0.25) is 0 Å². The minimum atomic E-state index is -1.69. The zero-order valence-electron chi connectivity index (χ0n) is 23.3. The second-order valence-corrected chi connectivity index (χ2v) is 10.9. The molecule has 40 heavy (non-hydrogen) atoms. The van der Waals surface area contributed by atoms with Gasteiger partial charge in [-0.2, -0.15) is 0 Å². The molecular formula is C30H25B6NO3. The van der Waals surface area contributed by atoms with E-state index in [0.29, 0.717) is 11.0 Å². The van der Waals surface area contributed by atoms with Crippen molar-refractivity contribution in [2.24, 2.45) is 0 Å². The molecule has 0 aliphatic rings. The Balaban J connectivity index is 1.64. The molecule has 0 spiro atoms. The van der Waals surface area contributed by atoms with Crippen LogP contribution in [0.4, 0.5) is 0 Å². The Hall–Kier alpha value is -3.99. The van der Waals surface area contributed by atoms with E-state index >= 15 is 0 Å². The van der Waals surface area contributed by atoms with E-state index in [0.717, 1.165) is 49.4 Å². The van der Waals surface area contributed by atoms with Crippen LogP contribution in [0.2, 0.25) is 0 Å². The normalized spacial score (nSPS) is 11.8. The van der Waals surface area contributed by atoms with Crippen molar-refractivity contribution in [3.8, 4) is 16.8 Å². The number of aromatic nitrogens is 1. The second kappa shape index (κ2) is 9.02. The number of hydrogen-bond donors (Lipinski definition) is 2. The standard InChI is InChI=1S/C30H25B6NO3/c31-25-24(26(32)28(34)29(35)27(25)33)17-8-5-11-22-23(17)18-12-14(13-19(36(38)39)30(18)40-22)37-20-9-3-1-6-15(20)16-7-2-4-10-21(16)37/h1-13,38-39H,31-35H2. The fourth-order valence-corrected chi connectivity index (χ4v) is 6.57. The molecule has 4 nitrogen and oxygen atoms in total. The Morgan fingerprint density at radius 3 is 1.80 bits per heavy atom. The molecule has 0 amide bonds. The minimum absolute atomic E-state index is 0.348. The van der Waals surface area contributed by atoms with Crippen molar-refractivity contribution in [3.63, 3.8) is 0 Å². The Morgan fingerprint density at radius 2 is 1.20 bits per heavy atom. The van der Waals surface area contributed by atoms with Crippen LogP contribution in [-0.4, -0.2) is 61.0 Å². The van der Waals surface area contributed by atoms with Crippen LogP contribution >= 0.6 is 0 Å². The highest BCUT2D eigenvalue weighted by molar-refractivity contribution is 6.69. The number of rotatable bonds is 3. The summed E-state index contributed by atoms with van der Waals surface area (Å²) in [4.78, 5) is 0. The Kier molecular flexibility index (Phi) is 5.64. The molecule has 2 N–H and O–H groups in total. The van der Waals surface area contributed by atoms with Crippen LogP contribution in [0.5, 0.6) is 0 Å². The highest BCUT2D eigenvalue weighted by Gasteiger charge is 2.25. The van der Waals surface area contributed by atoms with Crippen molar-refractivity contribution < 1.29 is 14.5 Å². The van der Waals surface area contributed by atoms with E-state index in [1.54, 1.807) is 0 Å². The topological polar surface area (TPSA) is 58.5 Å². The van der Waals surface area contributed by atoms with Crippen LogP contribution in [-0.2, 0) is 0 Å². The molecule has 7 rings (SSSR count). The lowest BCUT2D eigenvalue weighted by Gasteiger charge is -2.21. The van der Waals surface area contributed by atoms with Gasteiger partial charge in [-0.05, 0) is 41.5 Å².